The minimum atomic E-state index is -4.40. The minimum Gasteiger partial charge on any atom is -0.462 e. The number of quaternary nitrogens is 1. The summed E-state index contributed by atoms with van der Waals surface area (Å²) in [5, 5.41) is 0. The van der Waals surface area contributed by atoms with Crippen LogP contribution in [-0.2, 0) is 32.7 Å². The highest BCUT2D eigenvalue weighted by Gasteiger charge is 2.27. The number of ether oxygens (including phenoxy) is 2. The SMILES string of the molecule is CC/C=C\C/C=C\C/C=C\C/C=C\C/C=C\C/C=C\CCCCCCCCCCC(=O)OC(COC(=O)CCCCCCCCCCCCCCCCCCCCCCCC/C=C\C/C=C\C/C=C\CCCCCCC)COP(=O)(O)OCC[N+](C)(C)C. The van der Waals surface area contributed by atoms with Gasteiger partial charge in [0.05, 0.1) is 27.7 Å². The zero-order valence-corrected chi connectivity index (χ0v) is 58.8. The average Bonchev–Trinajstić information content (AvgIpc) is 3.60. The molecule has 0 aliphatic heterocycles. The van der Waals surface area contributed by atoms with Crippen LogP contribution >= 0.6 is 7.82 Å². The molecule has 9 nitrogen and oxygen atoms in total. The molecule has 0 radical (unpaired) electrons. The number of carbonyl (C=O) groups excluding carboxylic acids is 2. The van der Waals surface area contributed by atoms with Crippen LogP contribution in [0.25, 0.3) is 0 Å². The Bertz CT molecular complexity index is 1850. The van der Waals surface area contributed by atoms with E-state index >= 15 is 0 Å². The quantitative estimate of drug-likeness (QED) is 0.0211. The second kappa shape index (κ2) is 68.0. The monoisotopic (exact) mass is 1250 g/mol. The van der Waals surface area contributed by atoms with E-state index in [0.717, 1.165) is 96.3 Å². The van der Waals surface area contributed by atoms with Crippen LogP contribution in [0.2, 0.25) is 0 Å². The molecule has 2 unspecified atom stereocenters. The summed E-state index contributed by atoms with van der Waals surface area (Å²) in [4.78, 5) is 35.9. The van der Waals surface area contributed by atoms with Crippen molar-refractivity contribution in [2.24, 2.45) is 0 Å². The van der Waals surface area contributed by atoms with Gasteiger partial charge in [-0.15, -0.1) is 0 Å². The Balaban J connectivity index is 4.01. The Labute approximate surface area is 544 Å². The fraction of sp³-hybridized carbons (Fsp3) is 0.744. The third-order valence-electron chi connectivity index (χ3n) is 15.8. The predicted octanol–water partition coefficient (Wildman–Crippen LogP) is 24.1. The van der Waals surface area contributed by atoms with Crippen molar-refractivity contribution in [3.05, 3.63) is 109 Å². The van der Waals surface area contributed by atoms with Crippen molar-refractivity contribution in [3.63, 3.8) is 0 Å². The van der Waals surface area contributed by atoms with Crippen LogP contribution in [0.3, 0.4) is 0 Å². The lowest BCUT2D eigenvalue weighted by Crippen LogP contribution is -2.37. The first-order valence-corrected chi connectivity index (χ1v) is 38.1. The molecule has 0 heterocycles. The molecule has 2 atom stereocenters. The van der Waals surface area contributed by atoms with Crippen molar-refractivity contribution in [2.75, 3.05) is 47.5 Å². The summed E-state index contributed by atoms with van der Waals surface area (Å²) in [6.07, 6.45) is 96.3. The predicted molar refractivity (Wildman–Crippen MR) is 381 cm³/mol. The van der Waals surface area contributed by atoms with Crippen molar-refractivity contribution in [3.8, 4) is 0 Å². The van der Waals surface area contributed by atoms with Gasteiger partial charge in [-0.3, -0.25) is 18.6 Å². The molecule has 0 fully saturated rings. The number of esters is 2. The Morgan fingerprint density at radius 1 is 0.364 bits per heavy atom. The largest absolute Gasteiger partial charge is 0.472 e. The molecule has 0 spiro atoms. The van der Waals surface area contributed by atoms with E-state index in [1.54, 1.807) is 0 Å². The van der Waals surface area contributed by atoms with E-state index in [-0.39, 0.29) is 32.0 Å². The molecule has 0 aromatic rings. The van der Waals surface area contributed by atoms with E-state index in [9.17, 15) is 19.0 Å². The number of phosphoric ester groups is 1. The smallest absolute Gasteiger partial charge is 0.462 e. The van der Waals surface area contributed by atoms with Gasteiger partial charge in [0.15, 0.2) is 6.10 Å². The Hall–Kier alpha value is -3.33. The topological polar surface area (TPSA) is 108 Å². The highest BCUT2D eigenvalue weighted by atomic mass is 31.2. The van der Waals surface area contributed by atoms with Gasteiger partial charge < -0.3 is 18.9 Å². The molecule has 10 heteroatoms. The molecule has 1 N–H and O–H groups in total. The Kier molecular flexibility index (Phi) is 65.5. The Morgan fingerprint density at radius 3 is 0.966 bits per heavy atom. The first-order chi connectivity index (χ1) is 43.0. The number of likely N-dealkylation sites (N-methyl/N-ethyl adjacent to an activating group) is 1. The van der Waals surface area contributed by atoms with Crippen molar-refractivity contribution in [1.29, 1.82) is 0 Å². The molecule has 0 aromatic heterocycles. The lowest BCUT2D eigenvalue weighted by molar-refractivity contribution is -0.870. The van der Waals surface area contributed by atoms with Crippen molar-refractivity contribution in [1.82, 2.24) is 0 Å². The van der Waals surface area contributed by atoms with E-state index in [1.807, 2.05) is 21.1 Å². The summed E-state index contributed by atoms with van der Waals surface area (Å²) >= 11 is 0. The molecular formula is C78H139NO8P+. The Morgan fingerprint density at radius 2 is 0.648 bits per heavy atom. The number of nitrogens with zero attached hydrogens (tertiary/aromatic N) is 1. The number of allylic oxidation sites excluding steroid dienone is 18. The van der Waals surface area contributed by atoms with E-state index in [0.29, 0.717) is 17.4 Å². The zero-order chi connectivity index (χ0) is 64.1. The van der Waals surface area contributed by atoms with Gasteiger partial charge in [-0.2, -0.15) is 0 Å². The number of rotatable bonds is 67. The maximum atomic E-state index is 12.9. The summed E-state index contributed by atoms with van der Waals surface area (Å²) in [7, 11) is 1.47. The summed E-state index contributed by atoms with van der Waals surface area (Å²) in [6.45, 7) is 4.32. The fourth-order valence-electron chi connectivity index (χ4n) is 10.2. The minimum absolute atomic E-state index is 0.0264. The summed E-state index contributed by atoms with van der Waals surface area (Å²) in [5.74, 6) is -0.800. The molecule has 88 heavy (non-hydrogen) atoms. The molecule has 0 saturated heterocycles. The van der Waals surface area contributed by atoms with E-state index in [1.165, 1.54) is 193 Å². The average molecular weight is 1250 g/mol. The van der Waals surface area contributed by atoms with Gasteiger partial charge in [0.1, 0.15) is 19.8 Å². The number of hydrogen-bond donors (Lipinski definition) is 1. The van der Waals surface area contributed by atoms with Crippen molar-refractivity contribution < 1.29 is 42.1 Å². The summed E-state index contributed by atoms with van der Waals surface area (Å²) < 4.78 is 34.7. The standard InChI is InChI=1S/C78H138NO8P/c1-6-8-10-12-14-16-18-20-22-24-26-28-30-32-34-35-36-37-38-39-40-41-42-43-45-46-48-50-52-54-56-58-60-62-64-66-68-70-77(80)84-74-76(75-86-88(82,83)85-73-72-79(3,4)5)87-78(81)71-69-67-65-63-61-59-57-55-53-51-49-47-44-33-31-29-27-25-23-21-19-17-15-13-11-9-7-2/h9,11,15,17-18,20-21,23-24,26-27,29-30,32-33,44,49,51,76H,6-8,10,12-14,16,19,22,25,28,31,34-43,45-48,50,52-75H2,1-5H3/p+1/b11-9-,17-15-,20-18-,23-21-,26-24-,29-27-,32-30-,44-33-,51-49-. The van der Waals surface area contributed by atoms with Crippen molar-refractivity contribution >= 4 is 19.8 Å². The van der Waals surface area contributed by atoms with Crippen LogP contribution in [0.4, 0.5) is 0 Å². The molecule has 0 saturated carbocycles. The van der Waals surface area contributed by atoms with Crippen LogP contribution in [0.1, 0.15) is 322 Å². The van der Waals surface area contributed by atoms with E-state index in [4.69, 9.17) is 18.5 Å². The van der Waals surface area contributed by atoms with E-state index in [2.05, 4.69) is 123 Å². The second-order valence-electron chi connectivity index (χ2n) is 25.6. The molecule has 0 amide bonds. The van der Waals surface area contributed by atoms with Crippen LogP contribution in [0.5, 0.6) is 0 Å². The third-order valence-corrected chi connectivity index (χ3v) is 16.8. The number of phosphoric acid groups is 1. The van der Waals surface area contributed by atoms with Crippen LogP contribution in [0, 0.1) is 0 Å². The second-order valence-corrected chi connectivity index (χ2v) is 27.0. The normalized spacial score (nSPS) is 13.8. The van der Waals surface area contributed by atoms with Crippen LogP contribution in [0.15, 0.2) is 109 Å². The maximum Gasteiger partial charge on any atom is 0.472 e. The van der Waals surface area contributed by atoms with Gasteiger partial charge in [0.2, 0.25) is 0 Å². The van der Waals surface area contributed by atoms with Crippen molar-refractivity contribution in [2.45, 2.75) is 328 Å². The fourth-order valence-corrected chi connectivity index (χ4v) is 10.9. The summed E-state index contributed by atoms with van der Waals surface area (Å²) in [5.41, 5.74) is 0. The molecular weight excluding hydrogens is 1110 g/mol. The molecule has 0 aromatic carbocycles. The van der Waals surface area contributed by atoms with Gasteiger partial charge in [-0.1, -0.05) is 316 Å². The van der Waals surface area contributed by atoms with Gasteiger partial charge in [0, 0.05) is 12.8 Å². The van der Waals surface area contributed by atoms with Gasteiger partial charge in [0.25, 0.3) is 0 Å². The first kappa shape index (κ1) is 84.7. The van der Waals surface area contributed by atoms with Gasteiger partial charge in [-0.05, 0) is 103 Å². The molecule has 0 aliphatic rings. The maximum absolute atomic E-state index is 12.9. The lowest BCUT2D eigenvalue weighted by atomic mass is 10.0. The zero-order valence-electron chi connectivity index (χ0n) is 57.9. The van der Waals surface area contributed by atoms with Crippen LogP contribution < -0.4 is 0 Å². The van der Waals surface area contributed by atoms with Gasteiger partial charge in [-0.25, -0.2) is 4.57 Å². The molecule has 0 aliphatic carbocycles. The number of carbonyl (C=O) groups is 2. The lowest BCUT2D eigenvalue weighted by Gasteiger charge is -2.24. The highest BCUT2D eigenvalue weighted by molar-refractivity contribution is 7.47. The number of hydrogen-bond acceptors (Lipinski definition) is 7. The highest BCUT2D eigenvalue weighted by Crippen LogP contribution is 2.43. The van der Waals surface area contributed by atoms with E-state index < -0.39 is 26.5 Å². The first-order valence-electron chi connectivity index (χ1n) is 36.6. The number of unbranched alkanes of at least 4 members (excludes halogenated alkanes) is 35. The molecule has 0 rings (SSSR count). The van der Waals surface area contributed by atoms with Crippen LogP contribution in [-0.4, -0.2) is 74.9 Å². The van der Waals surface area contributed by atoms with Gasteiger partial charge >= 0.3 is 19.8 Å². The molecule has 508 valence electrons. The molecule has 0 bridgehead atoms. The summed E-state index contributed by atoms with van der Waals surface area (Å²) in [6, 6.07) is 0. The third kappa shape index (κ3) is 71.7.